The van der Waals surface area contributed by atoms with Crippen molar-refractivity contribution in [3.05, 3.63) is 55.8 Å². The number of nitro benzene ring substituents is 1. The highest BCUT2D eigenvalue weighted by Crippen LogP contribution is 2.26. The summed E-state index contributed by atoms with van der Waals surface area (Å²) >= 11 is 1.12. The van der Waals surface area contributed by atoms with Crippen LogP contribution in [0, 0.1) is 17.0 Å². The summed E-state index contributed by atoms with van der Waals surface area (Å²) < 4.78 is 5.52. The van der Waals surface area contributed by atoms with E-state index in [1.165, 1.54) is 18.2 Å². The van der Waals surface area contributed by atoms with Crippen LogP contribution in [0.4, 0.5) is 5.69 Å². The number of carboxylic acids is 1. The van der Waals surface area contributed by atoms with Crippen molar-refractivity contribution in [1.29, 1.82) is 0 Å². The molecule has 0 spiro atoms. The number of rotatable bonds is 5. The number of hydrogen-bond acceptors (Lipinski definition) is 5. The van der Waals surface area contributed by atoms with E-state index in [2.05, 4.69) is 0 Å². The molecule has 7 heteroatoms. The van der Waals surface area contributed by atoms with Crippen molar-refractivity contribution in [2.24, 2.45) is 0 Å². The van der Waals surface area contributed by atoms with E-state index in [0.29, 0.717) is 5.75 Å². The Morgan fingerprint density at radius 3 is 2.75 bits per heavy atom. The Kier molecular flexibility index (Phi) is 3.99. The summed E-state index contributed by atoms with van der Waals surface area (Å²) in [6.07, 6.45) is 0. The van der Waals surface area contributed by atoms with E-state index in [4.69, 9.17) is 9.84 Å². The second kappa shape index (κ2) is 5.70. The van der Waals surface area contributed by atoms with E-state index in [0.717, 1.165) is 21.8 Å². The lowest BCUT2D eigenvalue weighted by Crippen LogP contribution is -1.97. The Balaban J connectivity index is 2.11. The zero-order chi connectivity index (χ0) is 14.7. The molecular formula is C13H11NO5S. The Labute approximate surface area is 118 Å². The van der Waals surface area contributed by atoms with Crippen LogP contribution in [0.5, 0.6) is 5.75 Å². The number of ether oxygens (including phenoxy) is 1. The highest BCUT2D eigenvalue weighted by atomic mass is 32.1. The van der Waals surface area contributed by atoms with Gasteiger partial charge >= 0.3 is 5.97 Å². The van der Waals surface area contributed by atoms with Crippen molar-refractivity contribution in [1.82, 2.24) is 0 Å². The Morgan fingerprint density at radius 1 is 1.40 bits per heavy atom. The van der Waals surface area contributed by atoms with Crippen LogP contribution in [0.25, 0.3) is 0 Å². The number of aromatic carboxylic acids is 1. The number of hydrogen-bond donors (Lipinski definition) is 1. The highest BCUT2D eigenvalue weighted by Gasteiger charge is 2.11. The molecule has 0 unspecified atom stereocenters. The van der Waals surface area contributed by atoms with Gasteiger partial charge in [-0.3, -0.25) is 10.1 Å². The van der Waals surface area contributed by atoms with Gasteiger partial charge in [-0.05, 0) is 30.7 Å². The van der Waals surface area contributed by atoms with E-state index in [-0.39, 0.29) is 17.2 Å². The first-order chi connectivity index (χ1) is 9.47. The molecule has 0 amide bonds. The van der Waals surface area contributed by atoms with Gasteiger partial charge in [-0.2, -0.15) is 0 Å². The molecule has 1 aromatic heterocycles. The van der Waals surface area contributed by atoms with E-state index in [1.54, 1.807) is 19.1 Å². The third-order valence-electron chi connectivity index (χ3n) is 2.62. The fraction of sp³-hybridized carbons (Fsp3) is 0.154. The molecule has 0 bridgehead atoms. The average Bonchev–Trinajstić information content (AvgIpc) is 2.86. The summed E-state index contributed by atoms with van der Waals surface area (Å²) in [5.41, 5.74) is 0.744. The number of non-ortho nitro benzene ring substituents is 1. The predicted molar refractivity (Wildman–Crippen MR) is 73.4 cm³/mol. The summed E-state index contributed by atoms with van der Waals surface area (Å²) in [7, 11) is 0. The van der Waals surface area contributed by atoms with Gasteiger partial charge in [-0.15, -0.1) is 11.3 Å². The Bertz CT molecular complexity index is 665. The predicted octanol–water partition coefficient (Wildman–Crippen LogP) is 3.24. The second-order valence-electron chi connectivity index (χ2n) is 4.07. The molecule has 0 aliphatic rings. The number of carboxylic acid groups (broad SMARTS) is 1. The van der Waals surface area contributed by atoms with Crippen LogP contribution >= 0.6 is 11.3 Å². The molecule has 1 N–H and O–H groups in total. The molecule has 0 atom stereocenters. The number of nitrogens with zero attached hydrogens (tertiary/aromatic N) is 1. The molecule has 1 aromatic carbocycles. The monoisotopic (exact) mass is 293 g/mol. The Morgan fingerprint density at radius 2 is 2.15 bits per heavy atom. The quantitative estimate of drug-likeness (QED) is 0.675. The smallest absolute Gasteiger partial charge is 0.345 e. The van der Waals surface area contributed by atoms with Gasteiger partial charge in [0.2, 0.25) is 0 Å². The first kappa shape index (κ1) is 14.0. The molecule has 2 aromatic rings. The van der Waals surface area contributed by atoms with E-state index < -0.39 is 10.9 Å². The van der Waals surface area contributed by atoms with Crippen molar-refractivity contribution in [2.45, 2.75) is 13.5 Å². The van der Waals surface area contributed by atoms with Gasteiger partial charge in [0.1, 0.15) is 17.2 Å². The van der Waals surface area contributed by atoms with Crippen LogP contribution in [0.2, 0.25) is 0 Å². The summed E-state index contributed by atoms with van der Waals surface area (Å²) in [6.45, 7) is 1.97. The molecular weight excluding hydrogens is 282 g/mol. The molecule has 2 rings (SSSR count). The van der Waals surface area contributed by atoms with Crippen molar-refractivity contribution < 1.29 is 19.6 Å². The fourth-order valence-electron chi connectivity index (χ4n) is 1.58. The maximum atomic E-state index is 10.8. The maximum absolute atomic E-state index is 10.8. The molecule has 0 aliphatic heterocycles. The third kappa shape index (κ3) is 3.12. The number of benzene rings is 1. The zero-order valence-electron chi connectivity index (χ0n) is 10.5. The first-order valence-electron chi connectivity index (χ1n) is 5.67. The first-order valence-corrected chi connectivity index (χ1v) is 6.49. The summed E-state index contributed by atoms with van der Waals surface area (Å²) in [5, 5.41) is 19.5. The molecule has 0 saturated heterocycles. The molecule has 1 heterocycles. The van der Waals surface area contributed by atoms with Gasteiger partial charge < -0.3 is 9.84 Å². The topological polar surface area (TPSA) is 89.7 Å². The SMILES string of the molecule is Cc1ccc([N+](=O)[O-])cc1OCc1ccc(C(=O)O)s1. The summed E-state index contributed by atoms with van der Waals surface area (Å²) in [6, 6.07) is 7.56. The van der Waals surface area contributed by atoms with Crippen molar-refractivity contribution in [2.75, 3.05) is 0 Å². The normalized spacial score (nSPS) is 10.2. The average molecular weight is 293 g/mol. The Hall–Kier alpha value is -2.41. The van der Waals surface area contributed by atoms with Gasteiger partial charge in [0.25, 0.3) is 5.69 Å². The van der Waals surface area contributed by atoms with E-state index in [9.17, 15) is 14.9 Å². The van der Waals surface area contributed by atoms with E-state index in [1.807, 2.05) is 0 Å². The molecule has 0 saturated carbocycles. The van der Waals surface area contributed by atoms with Crippen LogP contribution in [0.15, 0.2) is 30.3 Å². The number of carbonyl (C=O) groups is 1. The third-order valence-corrected chi connectivity index (χ3v) is 3.67. The highest BCUT2D eigenvalue weighted by molar-refractivity contribution is 7.13. The molecule has 0 aliphatic carbocycles. The van der Waals surface area contributed by atoms with Crippen LogP contribution in [0.1, 0.15) is 20.1 Å². The minimum atomic E-state index is -0.979. The lowest BCUT2D eigenvalue weighted by molar-refractivity contribution is -0.385. The molecule has 6 nitrogen and oxygen atoms in total. The van der Waals surface area contributed by atoms with Crippen LogP contribution in [0.3, 0.4) is 0 Å². The van der Waals surface area contributed by atoms with Gasteiger partial charge in [0.05, 0.1) is 11.0 Å². The second-order valence-corrected chi connectivity index (χ2v) is 5.24. The maximum Gasteiger partial charge on any atom is 0.345 e. The lowest BCUT2D eigenvalue weighted by atomic mass is 10.2. The minimum absolute atomic E-state index is 0.0389. The van der Waals surface area contributed by atoms with Gasteiger partial charge in [0, 0.05) is 10.9 Å². The zero-order valence-corrected chi connectivity index (χ0v) is 11.3. The van der Waals surface area contributed by atoms with Crippen molar-refractivity contribution in [3.8, 4) is 5.75 Å². The minimum Gasteiger partial charge on any atom is -0.488 e. The fourth-order valence-corrected chi connectivity index (χ4v) is 2.34. The summed E-state index contributed by atoms with van der Waals surface area (Å²) in [4.78, 5) is 22.0. The molecule has 20 heavy (non-hydrogen) atoms. The summed E-state index contributed by atoms with van der Waals surface area (Å²) in [5.74, 6) is -0.558. The van der Waals surface area contributed by atoms with Crippen LogP contribution in [-0.2, 0) is 6.61 Å². The van der Waals surface area contributed by atoms with Crippen molar-refractivity contribution >= 4 is 23.0 Å². The van der Waals surface area contributed by atoms with Gasteiger partial charge in [-0.25, -0.2) is 4.79 Å². The van der Waals surface area contributed by atoms with Crippen LogP contribution in [-0.4, -0.2) is 16.0 Å². The van der Waals surface area contributed by atoms with Crippen molar-refractivity contribution in [3.63, 3.8) is 0 Å². The number of nitro groups is 1. The van der Waals surface area contributed by atoms with Gasteiger partial charge in [0.15, 0.2) is 0 Å². The largest absolute Gasteiger partial charge is 0.488 e. The standard InChI is InChI=1S/C13H11NO5S/c1-8-2-3-9(14(17)18)6-11(8)19-7-10-4-5-12(20-10)13(15)16/h2-6H,7H2,1H3,(H,15,16). The molecule has 0 fully saturated rings. The van der Waals surface area contributed by atoms with Crippen LogP contribution < -0.4 is 4.74 Å². The number of aryl methyl sites for hydroxylation is 1. The van der Waals surface area contributed by atoms with E-state index >= 15 is 0 Å². The van der Waals surface area contributed by atoms with Gasteiger partial charge in [-0.1, -0.05) is 0 Å². The lowest BCUT2D eigenvalue weighted by Gasteiger charge is -2.07. The molecule has 104 valence electrons. The molecule has 0 radical (unpaired) electrons. The number of thiophene rings is 1.